The molecule has 0 saturated carbocycles. The monoisotopic (exact) mass is 798 g/mol. The molecule has 1 unspecified atom stereocenters. The molecule has 1 aliphatic rings. The number of unbranched alkanes of at least 4 members (excludes halogenated alkanes) is 4. The number of methoxy groups -OCH3 is 1. The maximum Gasteiger partial charge on any atom is 0.416 e. The molecule has 2 N–H and O–H groups in total. The third kappa shape index (κ3) is 12.1. The van der Waals surface area contributed by atoms with Gasteiger partial charge in [0.25, 0.3) is 5.91 Å². The Labute approximate surface area is 334 Å². The molecule has 304 valence electrons. The second-order valence-corrected chi connectivity index (χ2v) is 13.7. The van der Waals surface area contributed by atoms with E-state index < -0.39 is 48.0 Å². The average molecular weight is 799 g/mol. The number of hydrogen-bond donors (Lipinski definition) is 2. The van der Waals surface area contributed by atoms with Crippen molar-refractivity contribution in [2.75, 3.05) is 19.0 Å². The van der Waals surface area contributed by atoms with Gasteiger partial charge in [-0.2, -0.15) is 13.2 Å². The van der Waals surface area contributed by atoms with Crippen LogP contribution in [-0.4, -0.2) is 53.5 Å². The van der Waals surface area contributed by atoms with E-state index in [1.165, 1.54) is 73.7 Å². The Balaban J connectivity index is 1.23. The summed E-state index contributed by atoms with van der Waals surface area (Å²) in [5.41, 5.74) is 0.414. The SMILES string of the molecule is CCCCCCCOc1ccc(C(=O)Oc2ccc(CN(C(=O)c3ccc(NC(=O)Cc4ccc(OC)cc4C(F)(F)F)cc3)C3C=CC=C(C(=O)O)C3)cc2)cc1. The molecule has 1 atom stereocenters. The van der Waals surface area contributed by atoms with Crippen LogP contribution in [0.2, 0.25) is 0 Å². The lowest BCUT2D eigenvalue weighted by Gasteiger charge is -2.32. The molecule has 0 saturated heterocycles. The van der Waals surface area contributed by atoms with Crippen LogP contribution in [0.5, 0.6) is 17.2 Å². The smallest absolute Gasteiger partial charge is 0.416 e. The number of esters is 1. The van der Waals surface area contributed by atoms with Gasteiger partial charge in [-0.15, -0.1) is 0 Å². The molecule has 0 aromatic heterocycles. The molecule has 1 aliphatic carbocycles. The van der Waals surface area contributed by atoms with Crippen molar-refractivity contribution < 1.29 is 51.7 Å². The number of carboxylic acid groups (broad SMARTS) is 1. The molecule has 0 spiro atoms. The number of rotatable bonds is 18. The standard InChI is InChI=1S/C45H45F3N2O8/c1-3-4-5-6-7-25-57-37-22-15-32(16-23-37)44(55)58-38-20-11-30(12-21-38)29-50(36-10-8-9-34(26-36)43(53)54)42(52)31-13-18-35(19-14-31)49-41(51)27-33-17-24-39(56-2)28-40(33)45(46,47)48/h8-24,28,36H,3-7,25-27,29H2,1-2H3,(H,49,51)(H,53,54). The molecule has 0 radical (unpaired) electrons. The topological polar surface area (TPSA) is 131 Å². The highest BCUT2D eigenvalue weighted by molar-refractivity contribution is 5.97. The molecular formula is C45H45F3N2O8. The van der Waals surface area contributed by atoms with Crippen molar-refractivity contribution in [2.24, 2.45) is 0 Å². The van der Waals surface area contributed by atoms with E-state index in [2.05, 4.69) is 12.2 Å². The number of nitrogens with zero attached hydrogens (tertiary/aromatic N) is 1. The van der Waals surface area contributed by atoms with Crippen LogP contribution < -0.4 is 19.5 Å². The van der Waals surface area contributed by atoms with Gasteiger partial charge in [0.15, 0.2) is 0 Å². The van der Waals surface area contributed by atoms with Crippen LogP contribution in [0.25, 0.3) is 0 Å². The highest BCUT2D eigenvalue weighted by atomic mass is 19.4. The minimum atomic E-state index is -4.70. The average Bonchev–Trinajstić information content (AvgIpc) is 3.21. The number of carbonyl (C=O) groups excluding carboxylic acids is 3. The van der Waals surface area contributed by atoms with Crippen molar-refractivity contribution >= 4 is 29.4 Å². The minimum absolute atomic E-state index is 0.00881. The van der Waals surface area contributed by atoms with Crippen LogP contribution in [0.1, 0.15) is 82.9 Å². The van der Waals surface area contributed by atoms with Crippen molar-refractivity contribution in [3.63, 3.8) is 0 Å². The first-order valence-corrected chi connectivity index (χ1v) is 18.9. The lowest BCUT2D eigenvalue weighted by Crippen LogP contribution is -2.40. The molecule has 4 aromatic rings. The van der Waals surface area contributed by atoms with Crippen LogP contribution in [0.4, 0.5) is 18.9 Å². The van der Waals surface area contributed by atoms with Crippen LogP contribution >= 0.6 is 0 Å². The van der Waals surface area contributed by atoms with Crippen molar-refractivity contribution in [1.29, 1.82) is 0 Å². The molecule has 13 heteroatoms. The van der Waals surface area contributed by atoms with Gasteiger partial charge in [-0.1, -0.05) is 69.0 Å². The number of carbonyl (C=O) groups is 4. The zero-order valence-electron chi connectivity index (χ0n) is 32.2. The lowest BCUT2D eigenvalue weighted by atomic mass is 9.97. The lowest BCUT2D eigenvalue weighted by molar-refractivity contribution is -0.138. The Morgan fingerprint density at radius 2 is 1.48 bits per heavy atom. The van der Waals surface area contributed by atoms with Crippen molar-refractivity contribution in [3.8, 4) is 17.2 Å². The van der Waals surface area contributed by atoms with Crippen LogP contribution in [0.15, 0.2) is 115 Å². The van der Waals surface area contributed by atoms with Gasteiger partial charge in [0.05, 0.1) is 37.3 Å². The molecule has 0 aliphatic heterocycles. The fourth-order valence-electron chi connectivity index (χ4n) is 6.32. The molecule has 58 heavy (non-hydrogen) atoms. The van der Waals surface area contributed by atoms with Gasteiger partial charge in [0.1, 0.15) is 17.2 Å². The summed E-state index contributed by atoms with van der Waals surface area (Å²) in [5.74, 6) is -1.83. The first-order chi connectivity index (χ1) is 27.8. The maximum atomic E-state index is 14.0. The van der Waals surface area contributed by atoms with Crippen molar-refractivity contribution in [3.05, 3.63) is 143 Å². The number of ether oxygens (including phenoxy) is 3. The van der Waals surface area contributed by atoms with Gasteiger partial charge in [0.2, 0.25) is 5.91 Å². The van der Waals surface area contributed by atoms with Crippen LogP contribution in [-0.2, 0) is 28.7 Å². The number of nitrogens with one attached hydrogen (secondary N) is 1. The van der Waals surface area contributed by atoms with E-state index >= 15 is 0 Å². The third-order valence-corrected chi connectivity index (χ3v) is 9.48. The van der Waals surface area contributed by atoms with E-state index in [1.54, 1.807) is 60.7 Å². The number of anilines is 1. The fraction of sp³-hybridized carbons (Fsp3) is 0.289. The number of halogens is 3. The summed E-state index contributed by atoms with van der Waals surface area (Å²) in [7, 11) is 1.25. The molecule has 5 rings (SSSR count). The zero-order chi connectivity index (χ0) is 41.7. The van der Waals surface area contributed by atoms with Gasteiger partial charge in [-0.25, -0.2) is 9.59 Å². The van der Waals surface area contributed by atoms with Crippen molar-refractivity contribution in [1.82, 2.24) is 4.90 Å². The van der Waals surface area contributed by atoms with Gasteiger partial charge in [-0.3, -0.25) is 9.59 Å². The first-order valence-electron chi connectivity index (χ1n) is 18.9. The first kappa shape index (κ1) is 42.8. The summed E-state index contributed by atoms with van der Waals surface area (Å²) >= 11 is 0. The zero-order valence-corrected chi connectivity index (χ0v) is 32.2. The highest BCUT2D eigenvalue weighted by Crippen LogP contribution is 2.35. The Morgan fingerprint density at radius 1 is 0.828 bits per heavy atom. The van der Waals surface area contributed by atoms with E-state index in [0.29, 0.717) is 23.5 Å². The number of allylic oxidation sites excluding steroid dienone is 2. The van der Waals surface area contributed by atoms with E-state index in [-0.39, 0.29) is 46.9 Å². The Kier molecular flexibility index (Phi) is 14.9. The third-order valence-electron chi connectivity index (χ3n) is 9.48. The number of carboxylic acids is 1. The number of aliphatic carboxylic acids is 1. The predicted molar refractivity (Wildman–Crippen MR) is 212 cm³/mol. The van der Waals surface area contributed by atoms with Gasteiger partial charge >= 0.3 is 18.1 Å². The quantitative estimate of drug-likeness (QED) is 0.0579. The summed E-state index contributed by atoms with van der Waals surface area (Å²) in [6.45, 7) is 2.84. The van der Waals surface area contributed by atoms with E-state index in [0.717, 1.165) is 18.9 Å². The number of hydrogen-bond acceptors (Lipinski definition) is 7. The number of alkyl halides is 3. The molecule has 10 nitrogen and oxygen atoms in total. The minimum Gasteiger partial charge on any atom is -0.497 e. The fourth-order valence-corrected chi connectivity index (χ4v) is 6.32. The summed E-state index contributed by atoms with van der Waals surface area (Å²) in [6.07, 6.45) is 5.23. The van der Waals surface area contributed by atoms with Gasteiger partial charge in [-0.05, 0) is 90.3 Å². The van der Waals surface area contributed by atoms with Gasteiger partial charge < -0.3 is 29.5 Å². The molecule has 4 aromatic carbocycles. The second kappa shape index (κ2) is 20.2. The largest absolute Gasteiger partial charge is 0.497 e. The number of benzene rings is 4. The van der Waals surface area contributed by atoms with E-state index in [9.17, 15) is 37.5 Å². The molecule has 0 fully saturated rings. The molecule has 2 amide bonds. The maximum absolute atomic E-state index is 14.0. The molecular weight excluding hydrogens is 753 g/mol. The Morgan fingerprint density at radius 3 is 2.14 bits per heavy atom. The van der Waals surface area contributed by atoms with Crippen LogP contribution in [0, 0.1) is 0 Å². The predicted octanol–water partition coefficient (Wildman–Crippen LogP) is 9.45. The highest BCUT2D eigenvalue weighted by Gasteiger charge is 2.34. The Hall–Kier alpha value is -6.37. The summed E-state index contributed by atoms with van der Waals surface area (Å²) in [4.78, 5) is 53.0. The summed E-state index contributed by atoms with van der Waals surface area (Å²) < 4.78 is 57.3. The van der Waals surface area contributed by atoms with Crippen LogP contribution in [0.3, 0.4) is 0 Å². The number of amides is 2. The second-order valence-electron chi connectivity index (χ2n) is 13.7. The van der Waals surface area contributed by atoms with E-state index in [1.807, 2.05) is 0 Å². The van der Waals surface area contributed by atoms with Crippen molar-refractivity contribution in [2.45, 2.75) is 70.6 Å². The normalized spacial score (nSPS) is 13.6. The summed E-state index contributed by atoms with van der Waals surface area (Å²) in [6, 6.07) is 21.9. The summed E-state index contributed by atoms with van der Waals surface area (Å²) in [5, 5.41) is 12.2. The van der Waals surface area contributed by atoms with E-state index in [4.69, 9.17) is 14.2 Å². The van der Waals surface area contributed by atoms with Gasteiger partial charge in [0, 0.05) is 29.8 Å². The molecule has 0 bridgehead atoms. The molecule has 0 heterocycles. The Bertz CT molecular complexity index is 2110.